The van der Waals surface area contributed by atoms with Crippen molar-refractivity contribution in [3.05, 3.63) is 71.8 Å². The number of aryl methyl sites for hydroxylation is 1. The number of carbonyl (C=O) groups is 5. The SMILES string of the molecule is CC(C)CC(NC(=O)[C@H](CCc1ccccc1)CC(=O)CCCN1CCOCC1)C(=O)C[C@@H](Cc1ccccc1)C(=O)NC(CC(C)C)C(=O)C1(C)CC1. The fourth-order valence-corrected chi connectivity index (χ4v) is 7.43. The Balaban J connectivity index is 1.48. The number of hydrogen-bond acceptors (Lipinski definition) is 7. The van der Waals surface area contributed by atoms with Crippen molar-refractivity contribution < 1.29 is 28.7 Å². The molecule has 1 saturated carbocycles. The largest absolute Gasteiger partial charge is 0.379 e. The van der Waals surface area contributed by atoms with Gasteiger partial charge in [0.2, 0.25) is 11.8 Å². The predicted octanol–water partition coefficient (Wildman–Crippen LogP) is 6.56. The molecule has 1 saturated heterocycles. The lowest BCUT2D eigenvalue weighted by Crippen LogP contribution is -2.49. The van der Waals surface area contributed by atoms with Crippen LogP contribution in [0.5, 0.6) is 0 Å². The summed E-state index contributed by atoms with van der Waals surface area (Å²) in [7, 11) is 0. The number of ether oxygens (including phenoxy) is 1. The highest BCUT2D eigenvalue weighted by Crippen LogP contribution is 2.47. The molecule has 1 aliphatic heterocycles. The predicted molar refractivity (Wildman–Crippen MR) is 213 cm³/mol. The smallest absolute Gasteiger partial charge is 0.224 e. The van der Waals surface area contributed by atoms with Crippen molar-refractivity contribution in [1.29, 1.82) is 0 Å². The Labute approximate surface area is 323 Å². The zero-order valence-corrected chi connectivity index (χ0v) is 33.4. The van der Waals surface area contributed by atoms with Gasteiger partial charge >= 0.3 is 0 Å². The number of Topliss-reactive ketones (excluding diaryl/α,β-unsaturated/α-hetero) is 3. The number of nitrogens with one attached hydrogen (secondary N) is 2. The van der Waals surface area contributed by atoms with Crippen molar-refractivity contribution in [3.63, 3.8) is 0 Å². The average molecular weight is 744 g/mol. The number of rotatable bonds is 24. The standard InChI is InChI=1S/C45H65N3O6/c1-32(2)27-39(46-43(52)36(19-18-34-13-8-6-9-14-34)30-38(49)17-12-22-48-23-25-54-26-24-48)41(50)31-37(29-35-15-10-7-11-16-35)44(53)47-40(28-33(3)4)42(51)45(5)20-21-45/h6-11,13-16,32-33,36-37,39-40H,12,17-31H2,1-5H3,(H,46,52)(H,47,53)/t36-,37-,39?,40?/m1/s1. The van der Waals surface area contributed by atoms with E-state index in [-0.39, 0.29) is 53.8 Å². The van der Waals surface area contributed by atoms with E-state index in [4.69, 9.17) is 4.74 Å². The van der Waals surface area contributed by atoms with Crippen LogP contribution in [0.25, 0.3) is 0 Å². The first-order valence-corrected chi connectivity index (χ1v) is 20.4. The number of hydrogen-bond donors (Lipinski definition) is 2. The van der Waals surface area contributed by atoms with Crippen LogP contribution in [0.15, 0.2) is 60.7 Å². The molecule has 2 aliphatic rings. The Morgan fingerprint density at radius 2 is 1.30 bits per heavy atom. The topological polar surface area (TPSA) is 122 Å². The van der Waals surface area contributed by atoms with Crippen LogP contribution >= 0.6 is 0 Å². The molecule has 2 N–H and O–H groups in total. The second-order valence-electron chi connectivity index (χ2n) is 16.9. The first kappa shape index (κ1) is 43.0. The van der Waals surface area contributed by atoms with E-state index >= 15 is 0 Å². The summed E-state index contributed by atoms with van der Waals surface area (Å²) in [5, 5.41) is 6.15. The Kier molecular flexibility index (Phi) is 17.1. The van der Waals surface area contributed by atoms with Crippen molar-refractivity contribution in [2.24, 2.45) is 29.1 Å². The second kappa shape index (κ2) is 21.4. The second-order valence-corrected chi connectivity index (χ2v) is 16.9. The van der Waals surface area contributed by atoms with E-state index in [1.54, 1.807) is 0 Å². The molecular formula is C45H65N3O6. The molecule has 2 aromatic carbocycles. The molecule has 2 amide bonds. The summed E-state index contributed by atoms with van der Waals surface area (Å²) in [6, 6.07) is 18.1. The van der Waals surface area contributed by atoms with Gasteiger partial charge in [0.15, 0.2) is 11.6 Å². The molecule has 2 aromatic rings. The molecule has 4 atom stereocenters. The number of carbonyl (C=O) groups excluding carboxylic acids is 5. The van der Waals surface area contributed by atoms with Crippen LogP contribution < -0.4 is 10.6 Å². The van der Waals surface area contributed by atoms with E-state index < -0.39 is 29.3 Å². The molecule has 9 heteroatoms. The van der Waals surface area contributed by atoms with Crippen molar-refractivity contribution >= 4 is 29.2 Å². The zero-order chi connectivity index (χ0) is 39.1. The molecule has 2 fully saturated rings. The van der Waals surface area contributed by atoms with Crippen LogP contribution in [-0.2, 0) is 41.6 Å². The molecule has 0 aromatic heterocycles. The Hall–Kier alpha value is -3.69. The average Bonchev–Trinajstić information content (AvgIpc) is 3.91. The molecular weight excluding hydrogens is 679 g/mol. The van der Waals surface area contributed by atoms with Crippen LogP contribution in [0.4, 0.5) is 0 Å². The molecule has 296 valence electrons. The lowest BCUT2D eigenvalue weighted by Gasteiger charge is -2.27. The van der Waals surface area contributed by atoms with Crippen LogP contribution in [0.2, 0.25) is 0 Å². The minimum atomic E-state index is -0.808. The zero-order valence-electron chi connectivity index (χ0n) is 33.4. The van der Waals surface area contributed by atoms with E-state index in [1.807, 2.05) is 95.3 Å². The van der Waals surface area contributed by atoms with Gasteiger partial charge in [-0.2, -0.15) is 0 Å². The molecule has 4 rings (SSSR count). The quantitative estimate of drug-likeness (QED) is 0.125. The summed E-state index contributed by atoms with van der Waals surface area (Å²) < 4.78 is 5.44. The summed E-state index contributed by atoms with van der Waals surface area (Å²) in [5.41, 5.74) is 1.61. The van der Waals surface area contributed by atoms with E-state index in [9.17, 15) is 24.0 Å². The summed E-state index contributed by atoms with van der Waals surface area (Å²) in [4.78, 5) is 71.6. The lowest BCUT2D eigenvalue weighted by atomic mass is 9.87. The summed E-state index contributed by atoms with van der Waals surface area (Å²) >= 11 is 0. The Morgan fingerprint density at radius 3 is 1.89 bits per heavy atom. The summed E-state index contributed by atoms with van der Waals surface area (Å²) in [5.74, 6) is -1.71. The molecule has 1 aliphatic carbocycles. The van der Waals surface area contributed by atoms with Gasteiger partial charge in [-0.1, -0.05) is 95.3 Å². The van der Waals surface area contributed by atoms with E-state index in [0.717, 1.165) is 50.0 Å². The van der Waals surface area contributed by atoms with Gasteiger partial charge in [0, 0.05) is 49.6 Å². The van der Waals surface area contributed by atoms with Crippen molar-refractivity contribution in [2.45, 2.75) is 117 Å². The maximum Gasteiger partial charge on any atom is 0.224 e. The Morgan fingerprint density at radius 1 is 0.741 bits per heavy atom. The summed E-state index contributed by atoms with van der Waals surface area (Å²) in [6.07, 6.45) is 5.22. The van der Waals surface area contributed by atoms with Crippen LogP contribution in [-0.4, -0.2) is 79.0 Å². The molecule has 9 nitrogen and oxygen atoms in total. The van der Waals surface area contributed by atoms with E-state index in [1.165, 1.54) is 0 Å². The van der Waals surface area contributed by atoms with E-state index in [2.05, 4.69) is 15.5 Å². The highest BCUT2D eigenvalue weighted by Gasteiger charge is 2.48. The highest BCUT2D eigenvalue weighted by molar-refractivity contribution is 5.97. The molecule has 2 unspecified atom stereocenters. The first-order chi connectivity index (χ1) is 25.8. The van der Waals surface area contributed by atoms with Gasteiger partial charge in [-0.15, -0.1) is 0 Å². The maximum absolute atomic E-state index is 14.3. The normalized spacial score (nSPS) is 17.7. The fraction of sp³-hybridized carbons (Fsp3) is 0.622. The fourth-order valence-electron chi connectivity index (χ4n) is 7.43. The minimum Gasteiger partial charge on any atom is -0.379 e. The number of morpholine rings is 1. The van der Waals surface area contributed by atoms with Crippen LogP contribution in [0, 0.1) is 29.1 Å². The number of amides is 2. The molecule has 1 heterocycles. The number of nitrogens with zero attached hydrogens (tertiary/aromatic N) is 1. The number of benzene rings is 2. The molecule has 0 bridgehead atoms. The van der Waals surface area contributed by atoms with Crippen molar-refractivity contribution in [1.82, 2.24) is 15.5 Å². The molecule has 54 heavy (non-hydrogen) atoms. The van der Waals surface area contributed by atoms with Gasteiger partial charge in [-0.25, -0.2) is 0 Å². The van der Waals surface area contributed by atoms with Crippen molar-refractivity contribution in [3.8, 4) is 0 Å². The van der Waals surface area contributed by atoms with Gasteiger partial charge in [-0.05, 0) is 80.9 Å². The molecule has 0 spiro atoms. The lowest BCUT2D eigenvalue weighted by molar-refractivity contribution is -0.135. The Bertz CT molecular complexity index is 1500. The van der Waals surface area contributed by atoms with Crippen molar-refractivity contribution in [2.75, 3.05) is 32.8 Å². The highest BCUT2D eigenvalue weighted by atomic mass is 16.5. The summed E-state index contributed by atoms with van der Waals surface area (Å²) in [6.45, 7) is 14.0. The molecule has 0 radical (unpaired) electrons. The van der Waals surface area contributed by atoms with Gasteiger partial charge in [0.25, 0.3) is 0 Å². The monoisotopic (exact) mass is 743 g/mol. The van der Waals surface area contributed by atoms with Crippen LogP contribution in [0.1, 0.15) is 104 Å². The minimum absolute atomic E-state index is 0.0494. The maximum atomic E-state index is 14.3. The third kappa shape index (κ3) is 14.5. The number of ketones is 3. The third-order valence-corrected chi connectivity index (χ3v) is 11.0. The van der Waals surface area contributed by atoms with Crippen LogP contribution in [0.3, 0.4) is 0 Å². The third-order valence-electron chi connectivity index (χ3n) is 11.0. The first-order valence-electron chi connectivity index (χ1n) is 20.4. The van der Waals surface area contributed by atoms with Gasteiger partial charge in [-0.3, -0.25) is 28.9 Å². The van der Waals surface area contributed by atoms with Gasteiger partial charge in [0.05, 0.1) is 25.3 Å². The van der Waals surface area contributed by atoms with Gasteiger partial charge in [0.1, 0.15) is 5.78 Å². The van der Waals surface area contributed by atoms with Gasteiger partial charge < -0.3 is 15.4 Å². The van der Waals surface area contributed by atoms with E-state index in [0.29, 0.717) is 51.7 Å².